The molecule has 0 amide bonds. The first-order valence-corrected chi connectivity index (χ1v) is 24.0. The van der Waals surface area contributed by atoms with Gasteiger partial charge in [-0.15, -0.1) is 0 Å². The Bertz CT molecular complexity index is 2960. The van der Waals surface area contributed by atoms with Gasteiger partial charge in [-0.1, -0.05) is 180 Å². The fraction of sp³-hybridized carbons (Fsp3) is 0.143. The number of hydrogen-bond donors (Lipinski definition) is 0. The molecule has 11 rings (SSSR count). The molecule has 286 valence electrons. The van der Waals surface area contributed by atoms with Gasteiger partial charge in [-0.25, -0.2) is 0 Å². The molecule has 2 aliphatic heterocycles. The van der Waals surface area contributed by atoms with Gasteiger partial charge in [0.05, 0.1) is 17.1 Å². The van der Waals surface area contributed by atoms with E-state index in [-0.39, 0.29) is 10.8 Å². The molecular formula is C56H48N2Si. The van der Waals surface area contributed by atoms with Crippen LogP contribution in [0.4, 0.5) is 34.1 Å². The fourth-order valence-electron chi connectivity index (χ4n) is 10.7. The average Bonchev–Trinajstić information content (AvgIpc) is 3.48. The number of hydrogen-bond acceptors (Lipinski definition) is 2. The van der Waals surface area contributed by atoms with Gasteiger partial charge in [0.25, 0.3) is 0 Å². The van der Waals surface area contributed by atoms with Crippen LogP contribution in [0.2, 0.25) is 13.1 Å². The molecule has 0 N–H and O–H groups in total. The molecule has 0 radical (unpaired) electrons. The van der Waals surface area contributed by atoms with Gasteiger partial charge in [-0.2, -0.15) is 0 Å². The van der Waals surface area contributed by atoms with E-state index in [0.717, 1.165) is 0 Å². The van der Waals surface area contributed by atoms with Crippen LogP contribution in [0.5, 0.6) is 0 Å². The van der Waals surface area contributed by atoms with Crippen molar-refractivity contribution in [2.75, 3.05) is 9.80 Å². The van der Waals surface area contributed by atoms with E-state index in [0.29, 0.717) is 0 Å². The van der Waals surface area contributed by atoms with Gasteiger partial charge in [0.2, 0.25) is 0 Å². The summed E-state index contributed by atoms with van der Waals surface area (Å²) in [5.74, 6) is 0. The second-order valence-corrected chi connectivity index (χ2v) is 22.5. The Morgan fingerprint density at radius 2 is 0.915 bits per heavy atom. The molecule has 2 heterocycles. The first-order valence-electron chi connectivity index (χ1n) is 21.0. The lowest BCUT2D eigenvalue weighted by atomic mass is 9.73. The van der Waals surface area contributed by atoms with Crippen LogP contribution in [-0.4, -0.2) is 8.07 Å². The Balaban J connectivity index is 0.953. The standard InChI is InChI=1S/C56H48N2Si/c1-55(2)44-19-9-11-21-49(44)57(50-22-12-10-20-45(50)55)39-31-33-42-41-32-28-37(35-46(41)56(3,4)47(42)36-39)27-29-38-30-34-48(43-18-8-7-17-40(38)43)58-51-23-13-15-25-53(51)59(5,6)54-26-16-14-24-52(54)58/h7-36H,1-6H3. The monoisotopic (exact) mass is 776 g/mol. The van der Waals surface area contributed by atoms with Crippen molar-refractivity contribution in [3.05, 3.63) is 203 Å². The van der Waals surface area contributed by atoms with E-state index >= 15 is 0 Å². The predicted molar refractivity (Wildman–Crippen MR) is 255 cm³/mol. The van der Waals surface area contributed by atoms with Crippen molar-refractivity contribution < 1.29 is 0 Å². The number of fused-ring (bicyclic) bond motifs is 8. The Labute approximate surface area is 349 Å². The van der Waals surface area contributed by atoms with Crippen molar-refractivity contribution in [1.82, 2.24) is 0 Å². The molecule has 8 aromatic rings. The number of rotatable bonds is 4. The summed E-state index contributed by atoms with van der Waals surface area (Å²) in [4.78, 5) is 4.98. The maximum atomic E-state index is 2.51. The molecule has 0 unspecified atom stereocenters. The average molecular weight is 777 g/mol. The maximum absolute atomic E-state index is 2.51. The lowest BCUT2D eigenvalue weighted by molar-refractivity contribution is 0.631. The minimum Gasteiger partial charge on any atom is -0.310 e. The largest absolute Gasteiger partial charge is 0.310 e. The quantitative estimate of drug-likeness (QED) is 0.130. The highest BCUT2D eigenvalue weighted by atomic mass is 28.3. The first kappa shape index (κ1) is 35.7. The van der Waals surface area contributed by atoms with Gasteiger partial charge < -0.3 is 9.80 Å². The van der Waals surface area contributed by atoms with E-state index in [2.05, 4.69) is 233 Å². The van der Waals surface area contributed by atoms with Crippen molar-refractivity contribution in [3.63, 3.8) is 0 Å². The summed E-state index contributed by atoms with van der Waals surface area (Å²) in [5.41, 5.74) is 17.9. The molecule has 0 fully saturated rings. The van der Waals surface area contributed by atoms with E-state index in [1.807, 2.05) is 0 Å². The fourth-order valence-corrected chi connectivity index (χ4v) is 13.7. The third kappa shape index (κ3) is 5.17. The lowest BCUT2D eigenvalue weighted by Crippen LogP contribution is -2.58. The molecule has 0 spiro atoms. The summed E-state index contributed by atoms with van der Waals surface area (Å²) in [6.45, 7) is 14.5. The molecule has 8 aromatic carbocycles. The van der Waals surface area contributed by atoms with Gasteiger partial charge in [0.15, 0.2) is 0 Å². The van der Waals surface area contributed by atoms with E-state index in [1.54, 1.807) is 0 Å². The van der Waals surface area contributed by atoms with Gasteiger partial charge in [0, 0.05) is 33.3 Å². The molecule has 0 saturated heterocycles. The number of benzene rings is 8. The predicted octanol–water partition coefficient (Wildman–Crippen LogP) is 14.0. The van der Waals surface area contributed by atoms with Crippen molar-refractivity contribution in [2.45, 2.75) is 51.6 Å². The van der Waals surface area contributed by atoms with Crippen LogP contribution in [0.1, 0.15) is 61.1 Å². The van der Waals surface area contributed by atoms with Gasteiger partial charge in [0.1, 0.15) is 8.07 Å². The zero-order valence-corrected chi connectivity index (χ0v) is 35.7. The van der Waals surface area contributed by atoms with E-state index in [1.165, 1.54) is 99.8 Å². The highest BCUT2D eigenvalue weighted by Crippen LogP contribution is 2.55. The molecule has 0 aromatic heterocycles. The lowest BCUT2D eigenvalue weighted by Gasteiger charge is -2.42. The van der Waals surface area contributed by atoms with E-state index in [9.17, 15) is 0 Å². The highest BCUT2D eigenvalue weighted by Gasteiger charge is 2.40. The van der Waals surface area contributed by atoms with Crippen LogP contribution in [-0.2, 0) is 10.8 Å². The van der Waals surface area contributed by atoms with Crippen LogP contribution in [0.25, 0.3) is 34.1 Å². The molecule has 0 atom stereocenters. The van der Waals surface area contributed by atoms with E-state index in [4.69, 9.17) is 0 Å². The van der Waals surface area contributed by atoms with Crippen molar-refractivity contribution in [2.24, 2.45) is 0 Å². The molecule has 1 aliphatic carbocycles. The molecule has 59 heavy (non-hydrogen) atoms. The highest BCUT2D eigenvalue weighted by molar-refractivity contribution is 7.02. The maximum Gasteiger partial charge on any atom is 0.117 e. The summed E-state index contributed by atoms with van der Waals surface area (Å²) < 4.78 is 0. The van der Waals surface area contributed by atoms with Crippen LogP contribution >= 0.6 is 0 Å². The Hall–Kier alpha value is -6.42. The smallest absolute Gasteiger partial charge is 0.117 e. The summed E-state index contributed by atoms with van der Waals surface area (Å²) in [6.07, 6.45) is 4.61. The Morgan fingerprint density at radius 3 is 1.56 bits per heavy atom. The van der Waals surface area contributed by atoms with Crippen molar-refractivity contribution in [1.29, 1.82) is 0 Å². The van der Waals surface area contributed by atoms with E-state index < -0.39 is 8.07 Å². The molecular weight excluding hydrogens is 729 g/mol. The van der Waals surface area contributed by atoms with Crippen LogP contribution < -0.4 is 20.2 Å². The number of para-hydroxylation sites is 4. The third-order valence-corrected chi connectivity index (χ3v) is 17.4. The zero-order chi connectivity index (χ0) is 40.3. The van der Waals surface area contributed by atoms with Gasteiger partial charge in [-0.05, 0) is 103 Å². The molecule has 3 aliphatic rings. The third-order valence-electron chi connectivity index (χ3n) is 13.8. The minimum absolute atomic E-state index is 0.0847. The molecule has 0 saturated carbocycles. The summed E-state index contributed by atoms with van der Waals surface area (Å²) in [5, 5.41) is 5.47. The second-order valence-electron chi connectivity index (χ2n) is 18.2. The van der Waals surface area contributed by atoms with Crippen LogP contribution in [0, 0.1) is 0 Å². The topological polar surface area (TPSA) is 6.48 Å². The zero-order valence-electron chi connectivity index (χ0n) is 34.7. The molecule has 2 nitrogen and oxygen atoms in total. The first-order chi connectivity index (χ1) is 28.5. The van der Waals surface area contributed by atoms with Crippen LogP contribution in [0.3, 0.4) is 0 Å². The summed E-state index contributed by atoms with van der Waals surface area (Å²) in [7, 11) is -1.87. The molecule has 0 bridgehead atoms. The Morgan fingerprint density at radius 1 is 0.407 bits per heavy atom. The second kappa shape index (κ2) is 12.8. The SMILES string of the molecule is CC1(C)c2cc(C=Cc3ccc(N4c5ccccc5[Si](C)(C)c5ccccc54)c4ccccc34)ccc2-c2ccc(N3c4ccccc4C(C)(C)c4ccccc43)cc21. The number of nitrogens with zero attached hydrogens (tertiary/aromatic N) is 2. The normalized spacial score (nSPS) is 16.2. The van der Waals surface area contributed by atoms with Crippen molar-refractivity contribution >= 4 is 75.5 Å². The molecule has 3 heteroatoms. The van der Waals surface area contributed by atoms with Gasteiger partial charge in [-0.3, -0.25) is 0 Å². The summed E-state index contributed by atoms with van der Waals surface area (Å²) >= 11 is 0. The van der Waals surface area contributed by atoms with Gasteiger partial charge >= 0.3 is 0 Å². The van der Waals surface area contributed by atoms with Crippen LogP contribution in [0.15, 0.2) is 170 Å². The Kier molecular flexibility index (Phi) is 7.74. The van der Waals surface area contributed by atoms with Crippen molar-refractivity contribution in [3.8, 4) is 11.1 Å². The number of anilines is 6. The summed E-state index contributed by atoms with van der Waals surface area (Å²) in [6, 6.07) is 63.7. The minimum atomic E-state index is -1.87.